The molecule has 1 atom stereocenters. The van der Waals surface area contributed by atoms with E-state index in [1.54, 1.807) is 9.36 Å². The Labute approximate surface area is 179 Å². The van der Waals surface area contributed by atoms with Gasteiger partial charge in [-0.2, -0.15) is 0 Å². The molecule has 1 amide bonds. The van der Waals surface area contributed by atoms with Crippen LogP contribution in [-0.2, 0) is 17.9 Å². The van der Waals surface area contributed by atoms with Gasteiger partial charge in [0.05, 0.1) is 17.8 Å². The molecule has 6 nitrogen and oxygen atoms in total. The number of fused-ring (bicyclic) bond motifs is 2. The van der Waals surface area contributed by atoms with Crippen molar-refractivity contribution in [2.45, 2.75) is 52.3 Å². The molecule has 0 spiro atoms. The summed E-state index contributed by atoms with van der Waals surface area (Å²) in [6.07, 6.45) is 7.00. The second-order valence-electron chi connectivity index (χ2n) is 8.09. The van der Waals surface area contributed by atoms with Gasteiger partial charge in [-0.3, -0.25) is 19.2 Å². The van der Waals surface area contributed by atoms with Crippen molar-refractivity contribution in [3.05, 3.63) is 33.5 Å². The van der Waals surface area contributed by atoms with Gasteiger partial charge in [0.25, 0.3) is 11.5 Å². The van der Waals surface area contributed by atoms with E-state index in [9.17, 15) is 9.59 Å². The van der Waals surface area contributed by atoms with Gasteiger partial charge in [-0.1, -0.05) is 31.4 Å². The minimum atomic E-state index is -0.730. The van der Waals surface area contributed by atoms with Gasteiger partial charge in [-0.05, 0) is 31.2 Å². The maximum absolute atomic E-state index is 15.1. The largest absolute Gasteiger partial charge is 0.478 e. The molecule has 30 heavy (non-hydrogen) atoms. The van der Waals surface area contributed by atoms with Gasteiger partial charge in [0, 0.05) is 24.7 Å². The molecule has 2 aromatic rings. The van der Waals surface area contributed by atoms with Crippen LogP contribution >= 0.6 is 11.6 Å². The predicted molar refractivity (Wildman–Crippen MR) is 113 cm³/mol. The summed E-state index contributed by atoms with van der Waals surface area (Å²) in [5.74, 6) is 2.02. The molecule has 2 aliphatic heterocycles. The number of ether oxygens (including phenoxy) is 1. The maximum atomic E-state index is 15.1. The Hall–Kier alpha value is -2.72. The van der Waals surface area contributed by atoms with Gasteiger partial charge in [0.15, 0.2) is 6.10 Å². The molecular weight excluding hydrogens is 409 g/mol. The van der Waals surface area contributed by atoms with Gasteiger partial charge in [0.1, 0.15) is 16.7 Å². The average molecular weight is 432 g/mol. The zero-order valence-corrected chi connectivity index (χ0v) is 17.7. The molecule has 0 bridgehead atoms. The summed E-state index contributed by atoms with van der Waals surface area (Å²) in [5, 5.41) is 0.197. The summed E-state index contributed by atoms with van der Waals surface area (Å²) in [4.78, 5) is 27.3. The number of aromatic nitrogens is 2. The fourth-order valence-electron chi connectivity index (χ4n) is 4.12. The fourth-order valence-corrected chi connectivity index (χ4v) is 4.48. The van der Waals surface area contributed by atoms with Crippen molar-refractivity contribution in [1.82, 2.24) is 9.36 Å². The number of hydrogen-bond donors (Lipinski definition) is 0. The zero-order valence-electron chi connectivity index (χ0n) is 17.0. The highest BCUT2D eigenvalue weighted by Crippen LogP contribution is 2.41. The van der Waals surface area contributed by atoms with E-state index in [4.69, 9.17) is 22.8 Å². The van der Waals surface area contributed by atoms with E-state index < -0.39 is 11.9 Å². The lowest BCUT2D eigenvalue weighted by atomic mass is 10.0. The molecule has 2 aliphatic rings. The summed E-state index contributed by atoms with van der Waals surface area (Å²) in [7, 11) is 0. The van der Waals surface area contributed by atoms with Crippen molar-refractivity contribution in [2.24, 2.45) is 5.92 Å². The molecule has 0 fully saturated rings. The molecule has 3 heterocycles. The average Bonchev–Trinajstić information content (AvgIpc) is 2.95. The second kappa shape index (κ2) is 7.84. The van der Waals surface area contributed by atoms with Crippen molar-refractivity contribution in [3.8, 4) is 29.2 Å². The van der Waals surface area contributed by atoms with Crippen LogP contribution in [0, 0.1) is 24.1 Å². The number of amides is 1. The monoisotopic (exact) mass is 431 g/mol. The Bertz CT molecular complexity index is 1110. The highest BCUT2D eigenvalue weighted by atomic mass is 35.5. The van der Waals surface area contributed by atoms with E-state index in [0.717, 1.165) is 12.8 Å². The Morgan fingerprint density at radius 3 is 2.60 bits per heavy atom. The highest BCUT2D eigenvalue weighted by molar-refractivity contribution is 6.32. The van der Waals surface area contributed by atoms with Crippen molar-refractivity contribution < 1.29 is 13.9 Å². The second-order valence-corrected chi connectivity index (χ2v) is 8.45. The number of hydrogen-bond acceptors (Lipinski definition) is 3. The van der Waals surface area contributed by atoms with Gasteiger partial charge in [-0.15, -0.1) is 6.42 Å². The molecule has 158 valence electrons. The first-order valence-corrected chi connectivity index (χ1v) is 10.5. The maximum Gasteiger partial charge on any atom is 0.276 e. The summed E-state index contributed by atoms with van der Waals surface area (Å²) in [6, 6.07) is 2.66. The quantitative estimate of drug-likeness (QED) is 0.694. The van der Waals surface area contributed by atoms with Gasteiger partial charge in [0.2, 0.25) is 0 Å². The van der Waals surface area contributed by atoms with Gasteiger partial charge in [-0.25, -0.2) is 9.07 Å². The van der Waals surface area contributed by atoms with E-state index in [0.29, 0.717) is 25.2 Å². The molecule has 8 heteroatoms. The van der Waals surface area contributed by atoms with E-state index >= 15 is 4.39 Å². The Morgan fingerprint density at radius 1 is 1.27 bits per heavy atom. The number of carbonyl (C=O) groups is 1. The smallest absolute Gasteiger partial charge is 0.276 e. The molecule has 0 saturated carbocycles. The third-order valence-electron chi connectivity index (χ3n) is 5.52. The SMILES string of the molecule is C#CCN1C(=O)C(CC(C)C)Oc2cc(F)c(-c3c(Cl)n4n(c3=O)CCCC4)cc21. The molecule has 1 aromatic carbocycles. The van der Waals surface area contributed by atoms with Crippen LogP contribution in [-0.4, -0.2) is 27.9 Å². The molecule has 0 aliphatic carbocycles. The number of anilines is 1. The lowest BCUT2D eigenvalue weighted by Gasteiger charge is -2.34. The number of rotatable bonds is 4. The normalized spacial score (nSPS) is 18.1. The van der Waals surface area contributed by atoms with E-state index in [1.165, 1.54) is 17.0 Å². The lowest BCUT2D eigenvalue weighted by molar-refractivity contribution is -0.126. The van der Waals surface area contributed by atoms with Crippen molar-refractivity contribution in [3.63, 3.8) is 0 Å². The first-order valence-electron chi connectivity index (χ1n) is 10.1. The molecular formula is C22H23ClFN3O3. The summed E-state index contributed by atoms with van der Waals surface area (Å²) in [6.45, 7) is 5.11. The summed E-state index contributed by atoms with van der Waals surface area (Å²) in [5.41, 5.74) is 0.136. The lowest BCUT2D eigenvalue weighted by Crippen LogP contribution is -2.46. The standard InChI is InChI=1S/C22H23ClFN3O3/c1-4-7-25-16-11-14(19-20(23)26-8-5-6-9-27(26)22(19)29)15(24)12-17(16)30-18(21(25)28)10-13(2)3/h1,11-13,18H,5-10H2,2-3H3. The molecule has 0 saturated heterocycles. The fraction of sp³-hybridized carbons (Fsp3) is 0.455. The predicted octanol–water partition coefficient (Wildman–Crippen LogP) is 3.68. The minimum absolute atomic E-state index is 0.0217. The molecule has 0 N–H and O–H groups in total. The number of benzene rings is 1. The first kappa shape index (κ1) is 20.5. The topological polar surface area (TPSA) is 56.5 Å². The van der Waals surface area contributed by atoms with Crippen LogP contribution in [0.4, 0.5) is 10.1 Å². The van der Waals surface area contributed by atoms with Crippen molar-refractivity contribution >= 4 is 23.2 Å². The van der Waals surface area contributed by atoms with E-state index in [2.05, 4.69) is 5.92 Å². The number of halogens is 2. The zero-order chi connectivity index (χ0) is 21.6. The molecule has 0 radical (unpaired) electrons. The van der Waals surface area contributed by atoms with Crippen molar-refractivity contribution in [1.29, 1.82) is 0 Å². The third-order valence-corrected chi connectivity index (χ3v) is 5.90. The van der Waals surface area contributed by atoms with E-state index in [1.807, 2.05) is 13.8 Å². The van der Waals surface area contributed by atoms with Gasteiger partial charge < -0.3 is 4.74 Å². The van der Waals surface area contributed by atoms with Gasteiger partial charge >= 0.3 is 0 Å². The number of carbonyl (C=O) groups excluding carboxylic acids is 1. The van der Waals surface area contributed by atoms with Crippen molar-refractivity contribution in [2.75, 3.05) is 11.4 Å². The van der Waals surface area contributed by atoms with Crippen LogP contribution in [0.2, 0.25) is 5.15 Å². The van der Waals surface area contributed by atoms with E-state index in [-0.39, 0.29) is 46.0 Å². The molecule has 4 rings (SSSR count). The van der Waals surface area contributed by atoms with Crippen LogP contribution in [0.5, 0.6) is 5.75 Å². The third kappa shape index (κ3) is 3.29. The van der Waals surface area contributed by atoms with Crippen LogP contribution in [0.1, 0.15) is 33.1 Å². The molecule has 1 aromatic heterocycles. The van der Waals surface area contributed by atoms with Crippen LogP contribution in [0.25, 0.3) is 11.1 Å². The summed E-state index contributed by atoms with van der Waals surface area (Å²) < 4.78 is 24.2. The Kier molecular flexibility index (Phi) is 5.37. The first-order chi connectivity index (χ1) is 14.3. The Morgan fingerprint density at radius 2 is 1.97 bits per heavy atom. The Balaban J connectivity index is 1.86. The minimum Gasteiger partial charge on any atom is -0.478 e. The number of nitrogens with zero attached hydrogens (tertiary/aromatic N) is 3. The summed E-state index contributed by atoms with van der Waals surface area (Å²) >= 11 is 6.48. The van der Waals surface area contributed by atoms with Crippen LogP contribution in [0.3, 0.4) is 0 Å². The molecule has 1 unspecified atom stereocenters. The highest BCUT2D eigenvalue weighted by Gasteiger charge is 2.36. The number of terminal acetylenes is 1. The van der Waals surface area contributed by atoms with Crippen LogP contribution < -0.4 is 15.2 Å². The van der Waals surface area contributed by atoms with Crippen LogP contribution in [0.15, 0.2) is 16.9 Å².